The van der Waals surface area contributed by atoms with E-state index in [0.717, 1.165) is 35.6 Å². The first kappa shape index (κ1) is 14.1. The lowest BCUT2D eigenvalue weighted by atomic mass is 9.49. The van der Waals surface area contributed by atoms with Crippen LogP contribution in [0.3, 0.4) is 0 Å². The van der Waals surface area contributed by atoms with Crippen LogP contribution in [-0.2, 0) is 0 Å². The van der Waals surface area contributed by atoms with Crippen LogP contribution < -0.4 is 10.1 Å². The quantitative estimate of drug-likeness (QED) is 0.921. The number of hydrogen-bond donors (Lipinski definition) is 1. The van der Waals surface area contributed by atoms with Gasteiger partial charge >= 0.3 is 0 Å². The molecule has 0 aliphatic heterocycles. The zero-order valence-electron chi connectivity index (χ0n) is 13.3. The van der Waals surface area contributed by atoms with Crippen LogP contribution in [0.2, 0.25) is 0 Å². The van der Waals surface area contributed by atoms with Gasteiger partial charge in [0.2, 0.25) is 0 Å². The third-order valence-corrected chi connectivity index (χ3v) is 6.14. The Morgan fingerprint density at radius 1 is 1.09 bits per heavy atom. The SMILES string of the molecule is COc1ccc(C(=O)NCC23CC4CC(CC(C4)C2)C3)cc1. The van der Waals surface area contributed by atoms with Crippen LogP contribution in [0.1, 0.15) is 48.9 Å². The Morgan fingerprint density at radius 3 is 2.14 bits per heavy atom. The van der Waals surface area contributed by atoms with Crippen molar-refractivity contribution in [2.45, 2.75) is 38.5 Å². The largest absolute Gasteiger partial charge is 0.497 e. The summed E-state index contributed by atoms with van der Waals surface area (Å²) in [6.45, 7) is 0.862. The highest BCUT2D eigenvalue weighted by Gasteiger charge is 2.50. The van der Waals surface area contributed by atoms with Crippen molar-refractivity contribution in [3.8, 4) is 5.75 Å². The summed E-state index contributed by atoms with van der Waals surface area (Å²) in [6, 6.07) is 7.38. The van der Waals surface area contributed by atoms with E-state index in [1.807, 2.05) is 24.3 Å². The van der Waals surface area contributed by atoms with Crippen molar-refractivity contribution in [2.24, 2.45) is 23.2 Å². The van der Waals surface area contributed by atoms with Crippen LogP contribution in [0.25, 0.3) is 0 Å². The Morgan fingerprint density at radius 2 is 1.64 bits per heavy atom. The Hall–Kier alpha value is -1.51. The van der Waals surface area contributed by atoms with E-state index in [2.05, 4.69) is 5.32 Å². The Balaban J connectivity index is 1.40. The molecule has 4 aliphatic carbocycles. The number of carbonyl (C=O) groups is 1. The summed E-state index contributed by atoms with van der Waals surface area (Å²) >= 11 is 0. The molecule has 4 aliphatic rings. The monoisotopic (exact) mass is 299 g/mol. The summed E-state index contributed by atoms with van der Waals surface area (Å²) in [5.41, 5.74) is 1.13. The molecule has 0 saturated heterocycles. The predicted molar refractivity (Wildman–Crippen MR) is 85.9 cm³/mol. The molecular weight excluding hydrogens is 274 g/mol. The fourth-order valence-electron chi connectivity index (χ4n) is 5.62. The highest BCUT2D eigenvalue weighted by atomic mass is 16.5. The molecule has 4 bridgehead atoms. The molecule has 3 heteroatoms. The van der Waals surface area contributed by atoms with Gasteiger partial charge in [-0.15, -0.1) is 0 Å². The first-order valence-corrected chi connectivity index (χ1v) is 8.58. The molecule has 0 aromatic heterocycles. The van der Waals surface area contributed by atoms with Gasteiger partial charge in [-0.2, -0.15) is 0 Å². The summed E-state index contributed by atoms with van der Waals surface area (Å²) in [6.07, 6.45) is 8.36. The molecule has 1 amide bonds. The van der Waals surface area contributed by atoms with Gasteiger partial charge in [0.25, 0.3) is 5.91 Å². The number of methoxy groups -OCH3 is 1. The molecule has 0 heterocycles. The molecule has 4 saturated carbocycles. The van der Waals surface area contributed by atoms with Gasteiger partial charge in [0, 0.05) is 12.1 Å². The molecule has 5 rings (SSSR count). The average Bonchev–Trinajstić information content (AvgIpc) is 2.51. The Labute approximate surface area is 132 Å². The number of nitrogens with one attached hydrogen (secondary N) is 1. The van der Waals surface area contributed by atoms with Gasteiger partial charge in [0.15, 0.2) is 0 Å². The second kappa shape index (κ2) is 5.29. The smallest absolute Gasteiger partial charge is 0.251 e. The van der Waals surface area contributed by atoms with Gasteiger partial charge in [-0.05, 0) is 86.0 Å². The molecule has 1 N–H and O–H groups in total. The molecule has 4 fully saturated rings. The van der Waals surface area contributed by atoms with E-state index in [0.29, 0.717) is 5.41 Å². The topological polar surface area (TPSA) is 38.3 Å². The van der Waals surface area contributed by atoms with Gasteiger partial charge in [-0.25, -0.2) is 0 Å². The normalized spacial score (nSPS) is 35.4. The molecule has 118 valence electrons. The van der Waals surface area contributed by atoms with Gasteiger partial charge in [0.1, 0.15) is 5.75 Å². The zero-order chi connectivity index (χ0) is 15.2. The lowest BCUT2D eigenvalue weighted by Gasteiger charge is -2.56. The van der Waals surface area contributed by atoms with E-state index >= 15 is 0 Å². The summed E-state index contributed by atoms with van der Waals surface area (Å²) < 4.78 is 5.14. The highest BCUT2D eigenvalue weighted by Crippen LogP contribution is 2.59. The lowest BCUT2D eigenvalue weighted by Crippen LogP contribution is -2.51. The number of benzene rings is 1. The van der Waals surface area contributed by atoms with E-state index in [1.165, 1.54) is 38.5 Å². The van der Waals surface area contributed by atoms with Crippen LogP contribution in [0, 0.1) is 23.2 Å². The van der Waals surface area contributed by atoms with Gasteiger partial charge in [-0.1, -0.05) is 0 Å². The van der Waals surface area contributed by atoms with E-state index in [-0.39, 0.29) is 5.91 Å². The maximum absolute atomic E-state index is 12.4. The summed E-state index contributed by atoms with van der Waals surface area (Å²) in [5.74, 6) is 3.65. The van der Waals surface area contributed by atoms with Crippen molar-refractivity contribution in [2.75, 3.05) is 13.7 Å². The predicted octanol–water partition coefficient (Wildman–Crippen LogP) is 3.64. The van der Waals surface area contributed by atoms with Crippen molar-refractivity contribution in [1.82, 2.24) is 5.32 Å². The molecule has 0 spiro atoms. The third kappa shape index (κ3) is 2.51. The molecule has 22 heavy (non-hydrogen) atoms. The van der Waals surface area contributed by atoms with Crippen LogP contribution in [0.15, 0.2) is 24.3 Å². The van der Waals surface area contributed by atoms with E-state index in [4.69, 9.17) is 4.74 Å². The number of amides is 1. The van der Waals surface area contributed by atoms with Crippen LogP contribution >= 0.6 is 0 Å². The second-order valence-corrected chi connectivity index (χ2v) is 7.83. The molecule has 0 atom stereocenters. The fraction of sp³-hybridized carbons (Fsp3) is 0.632. The van der Waals surface area contributed by atoms with Gasteiger partial charge < -0.3 is 10.1 Å². The van der Waals surface area contributed by atoms with Crippen LogP contribution in [-0.4, -0.2) is 19.6 Å². The summed E-state index contributed by atoms with van der Waals surface area (Å²) in [5, 5.41) is 3.21. The fourth-order valence-corrected chi connectivity index (χ4v) is 5.62. The highest BCUT2D eigenvalue weighted by molar-refractivity contribution is 5.94. The van der Waals surface area contributed by atoms with E-state index in [9.17, 15) is 4.79 Å². The zero-order valence-corrected chi connectivity index (χ0v) is 13.3. The van der Waals surface area contributed by atoms with Crippen LogP contribution in [0.5, 0.6) is 5.75 Å². The minimum atomic E-state index is 0.0541. The van der Waals surface area contributed by atoms with Gasteiger partial charge in [-0.3, -0.25) is 4.79 Å². The van der Waals surface area contributed by atoms with Gasteiger partial charge in [0.05, 0.1) is 7.11 Å². The molecule has 1 aromatic carbocycles. The molecule has 0 unspecified atom stereocenters. The van der Waals surface area contributed by atoms with Crippen LogP contribution in [0.4, 0.5) is 0 Å². The Bertz CT molecular complexity index is 528. The van der Waals surface area contributed by atoms with Crippen molar-refractivity contribution >= 4 is 5.91 Å². The van der Waals surface area contributed by atoms with E-state index < -0.39 is 0 Å². The standard InChI is InChI=1S/C19H25NO2/c1-22-17-4-2-16(3-5-17)18(21)20-12-19-9-13-6-14(10-19)8-15(7-13)11-19/h2-5,13-15H,6-12H2,1H3,(H,20,21). The summed E-state index contributed by atoms with van der Waals surface area (Å²) in [7, 11) is 1.64. The van der Waals surface area contributed by atoms with Crippen molar-refractivity contribution in [3.63, 3.8) is 0 Å². The second-order valence-electron chi connectivity index (χ2n) is 7.83. The number of carbonyl (C=O) groups excluding carboxylic acids is 1. The van der Waals surface area contributed by atoms with Crippen molar-refractivity contribution < 1.29 is 9.53 Å². The Kier molecular flexibility index (Phi) is 3.39. The third-order valence-electron chi connectivity index (χ3n) is 6.14. The number of ether oxygens (including phenoxy) is 1. The lowest BCUT2D eigenvalue weighted by molar-refractivity contribution is -0.0503. The minimum Gasteiger partial charge on any atom is -0.497 e. The van der Waals surface area contributed by atoms with Crippen molar-refractivity contribution in [3.05, 3.63) is 29.8 Å². The molecule has 1 aromatic rings. The van der Waals surface area contributed by atoms with E-state index in [1.54, 1.807) is 7.11 Å². The first-order valence-electron chi connectivity index (χ1n) is 8.58. The molecular formula is C19H25NO2. The first-order chi connectivity index (χ1) is 10.7. The molecule has 3 nitrogen and oxygen atoms in total. The molecule has 0 radical (unpaired) electrons. The maximum Gasteiger partial charge on any atom is 0.251 e. The minimum absolute atomic E-state index is 0.0541. The number of rotatable bonds is 4. The maximum atomic E-state index is 12.4. The summed E-state index contributed by atoms with van der Waals surface area (Å²) in [4.78, 5) is 12.4. The average molecular weight is 299 g/mol. The van der Waals surface area contributed by atoms with Crippen molar-refractivity contribution in [1.29, 1.82) is 0 Å². The number of hydrogen-bond acceptors (Lipinski definition) is 2.